The number of carbonyl (C=O) groups excluding carboxylic acids is 2. The van der Waals surface area contributed by atoms with Gasteiger partial charge in [0.1, 0.15) is 12.2 Å². The van der Waals surface area contributed by atoms with E-state index in [1.165, 1.54) is 0 Å². The van der Waals surface area contributed by atoms with E-state index in [-0.39, 0.29) is 18.2 Å². The van der Waals surface area contributed by atoms with Crippen molar-refractivity contribution in [1.29, 1.82) is 0 Å². The van der Waals surface area contributed by atoms with Crippen molar-refractivity contribution in [1.82, 2.24) is 10.1 Å². The molecule has 0 unspecified atom stereocenters. The van der Waals surface area contributed by atoms with Crippen molar-refractivity contribution in [3.63, 3.8) is 0 Å². The third kappa shape index (κ3) is 4.73. The van der Waals surface area contributed by atoms with Crippen LogP contribution in [-0.4, -0.2) is 35.7 Å². The van der Waals surface area contributed by atoms with E-state index in [1.807, 2.05) is 0 Å². The molecule has 8 heteroatoms. The molecular formula is C20H19N3O5. The lowest BCUT2D eigenvalue weighted by atomic mass is 10.2. The summed E-state index contributed by atoms with van der Waals surface area (Å²) in [6, 6.07) is 13.6. The molecule has 0 aliphatic carbocycles. The molecule has 0 aliphatic rings. The van der Waals surface area contributed by atoms with Gasteiger partial charge >= 0.3 is 5.97 Å². The number of benzene rings is 2. The molecule has 0 saturated carbocycles. The summed E-state index contributed by atoms with van der Waals surface area (Å²) in [5.74, 6) is 0.600. The standard InChI is InChI=1S/C20H19N3O5/c1-3-27-20(25)14-4-8-15(9-5-14)21-17(24)12-18-22-19(23-28-18)13-6-10-16(26-2)11-7-13/h4-11H,3,12H2,1-2H3,(H,21,24). The molecule has 1 amide bonds. The maximum atomic E-state index is 12.2. The zero-order valence-corrected chi connectivity index (χ0v) is 15.5. The van der Waals surface area contributed by atoms with Crippen LogP contribution in [0, 0.1) is 0 Å². The summed E-state index contributed by atoms with van der Waals surface area (Å²) in [5.41, 5.74) is 1.72. The van der Waals surface area contributed by atoms with Gasteiger partial charge in [-0.1, -0.05) is 5.16 Å². The number of hydrogen-bond acceptors (Lipinski definition) is 7. The van der Waals surface area contributed by atoms with Crippen LogP contribution in [0.25, 0.3) is 11.4 Å². The Balaban J connectivity index is 1.59. The first-order chi connectivity index (χ1) is 13.6. The Labute approximate surface area is 161 Å². The van der Waals surface area contributed by atoms with Gasteiger partial charge in [-0.2, -0.15) is 4.98 Å². The molecular weight excluding hydrogens is 362 g/mol. The molecule has 1 aromatic heterocycles. The van der Waals surface area contributed by atoms with Crippen molar-refractivity contribution in [2.45, 2.75) is 13.3 Å². The molecule has 0 atom stereocenters. The van der Waals surface area contributed by atoms with Crippen LogP contribution in [0.4, 0.5) is 5.69 Å². The van der Waals surface area contributed by atoms with Gasteiger partial charge in [-0.05, 0) is 55.5 Å². The quantitative estimate of drug-likeness (QED) is 0.627. The molecule has 1 heterocycles. The van der Waals surface area contributed by atoms with E-state index in [4.69, 9.17) is 14.0 Å². The number of nitrogens with one attached hydrogen (secondary N) is 1. The molecule has 0 fully saturated rings. The third-order valence-electron chi connectivity index (χ3n) is 3.81. The fourth-order valence-corrected chi connectivity index (χ4v) is 2.43. The van der Waals surface area contributed by atoms with Crippen molar-refractivity contribution >= 4 is 17.6 Å². The first-order valence-corrected chi connectivity index (χ1v) is 8.63. The van der Waals surface area contributed by atoms with Gasteiger partial charge in [0.05, 0.1) is 19.3 Å². The largest absolute Gasteiger partial charge is 0.497 e. The van der Waals surface area contributed by atoms with Gasteiger partial charge in [0.2, 0.25) is 17.6 Å². The summed E-state index contributed by atoms with van der Waals surface area (Å²) in [4.78, 5) is 28.1. The second-order valence-electron chi connectivity index (χ2n) is 5.76. The predicted octanol–water partition coefficient (Wildman–Crippen LogP) is 3.10. The molecule has 8 nitrogen and oxygen atoms in total. The second-order valence-corrected chi connectivity index (χ2v) is 5.76. The van der Waals surface area contributed by atoms with Crippen LogP contribution in [0.15, 0.2) is 53.1 Å². The highest BCUT2D eigenvalue weighted by molar-refractivity contribution is 5.93. The summed E-state index contributed by atoms with van der Waals surface area (Å²) in [6.07, 6.45) is -0.0667. The summed E-state index contributed by atoms with van der Waals surface area (Å²) < 4.78 is 15.2. The van der Waals surface area contributed by atoms with Crippen molar-refractivity contribution in [2.75, 3.05) is 19.0 Å². The first-order valence-electron chi connectivity index (χ1n) is 8.63. The van der Waals surface area contributed by atoms with Gasteiger partial charge in [0, 0.05) is 11.3 Å². The molecule has 0 radical (unpaired) electrons. The number of methoxy groups -OCH3 is 1. The van der Waals surface area contributed by atoms with Crippen LogP contribution in [0.5, 0.6) is 5.75 Å². The van der Waals surface area contributed by atoms with Crippen LogP contribution in [-0.2, 0) is 16.0 Å². The lowest BCUT2D eigenvalue weighted by Gasteiger charge is -2.05. The highest BCUT2D eigenvalue weighted by Crippen LogP contribution is 2.20. The minimum absolute atomic E-state index is 0.0667. The fraction of sp³-hybridized carbons (Fsp3) is 0.200. The highest BCUT2D eigenvalue weighted by Gasteiger charge is 2.13. The molecule has 1 N–H and O–H groups in total. The van der Waals surface area contributed by atoms with Crippen LogP contribution >= 0.6 is 0 Å². The van der Waals surface area contributed by atoms with Crippen LogP contribution in [0.3, 0.4) is 0 Å². The topological polar surface area (TPSA) is 104 Å². The number of esters is 1. The van der Waals surface area contributed by atoms with Crippen LogP contribution in [0.1, 0.15) is 23.2 Å². The average Bonchev–Trinajstić information content (AvgIpc) is 3.17. The fourth-order valence-electron chi connectivity index (χ4n) is 2.43. The number of ether oxygens (including phenoxy) is 2. The Kier molecular flexibility index (Phi) is 6.01. The summed E-state index contributed by atoms with van der Waals surface area (Å²) in [5, 5.41) is 6.61. The number of anilines is 1. The van der Waals surface area contributed by atoms with Gasteiger partial charge in [0.15, 0.2) is 0 Å². The zero-order chi connectivity index (χ0) is 19.9. The molecule has 0 saturated heterocycles. The molecule has 3 aromatic rings. The van der Waals surface area contributed by atoms with Crippen molar-refractivity contribution < 1.29 is 23.6 Å². The van der Waals surface area contributed by atoms with E-state index in [0.29, 0.717) is 23.7 Å². The Morgan fingerprint density at radius 2 is 1.79 bits per heavy atom. The summed E-state index contributed by atoms with van der Waals surface area (Å²) in [6.45, 7) is 2.05. The number of amides is 1. The van der Waals surface area contributed by atoms with Gasteiger partial charge in [-0.3, -0.25) is 4.79 Å². The van der Waals surface area contributed by atoms with Crippen molar-refractivity contribution in [2.24, 2.45) is 0 Å². The first kappa shape index (κ1) is 19.1. The highest BCUT2D eigenvalue weighted by atomic mass is 16.5. The second kappa shape index (κ2) is 8.81. The van der Waals surface area contributed by atoms with Gasteiger partial charge in [0.25, 0.3) is 0 Å². The maximum absolute atomic E-state index is 12.2. The van der Waals surface area contributed by atoms with Gasteiger partial charge in [-0.15, -0.1) is 0 Å². The van der Waals surface area contributed by atoms with E-state index in [2.05, 4.69) is 15.5 Å². The summed E-state index contributed by atoms with van der Waals surface area (Å²) >= 11 is 0. The molecule has 144 valence electrons. The van der Waals surface area contributed by atoms with Crippen LogP contribution in [0.2, 0.25) is 0 Å². The Morgan fingerprint density at radius 1 is 1.07 bits per heavy atom. The number of aromatic nitrogens is 2. The lowest BCUT2D eigenvalue weighted by Crippen LogP contribution is -2.14. The van der Waals surface area contributed by atoms with E-state index in [0.717, 1.165) is 11.3 Å². The minimum Gasteiger partial charge on any atom is -0.497 e. The van der Waals surface area contributed by atoms with Crippen molar-refractivity contribution in [3.05, 3.63) is 60.0 Å². The smallest absolute Gasteiger partial charge is 0.338 e. The van der Waals surface area contributed by atoms with E-state index < -0.39 is 5.97 Å². The average molecular weight is 381 g/mol. The van der Waals surface area contributed by atoms with E-state index in [9.17, 15) is 9.59 Å². The number of rotatable bonds is 7. The third-order valence-corrected chi connectivity index (χ3v) is 3.81. The Morgan fingerprint density at radius 3 is 2.43 bits per heavy atom. The SMILES string of the molecule is CCOC(=O)c1ccc(NC(=O)Cc2nc(-c3ccc(OC)cc3)no2)cc1. The lowest BCUT2D eigenvalue weighted by molar-refractivity contribution is -0.115. The molecule has 0 bridgehead atoms. The molecule has 2 aromatic carbocycles. The number of nitrogens with zero attached hydrogens (tertiary/aromatic N) is 2. The molecule has 0 spiro atoms. The van der Waals surface area contributed by atoms with Gasteiger partial charge < -0.3 is 19.3 Å². The van der Waals surface area contributed by atoms with E-state index >= 15 is 0 Å². The molecule has 0 aliphatic heterocycles. The monoisotopic (exact) mass is 381 g/mol. The maximum Gasteiger partial charge on any atom is 0.338 e. The van der Waals surface area contributed by atoms with E-state index in [1.54, 1.807) is 62.6 Å². The van der Waals surface area contributed by atoms with Gasteiger partial charge in [-0.25, -0.2) is 4.79 Å². The molecule has 28 heavy (non-hydrogen) atoms. The molecule has 3 rings (SSSR count). The minimum atomic E-state index is -0.405. The summed E-state index contributed by atoms with van der Waals surface area (Å²) in [7, 11) is 1.59. The zero-order valence-electron chi connectivity index (χ0n) is 15.5. The van der Waals surface area contributed by atoms with Crippen LogP contribution < -0.4 is 10.1 Å². The van der Waals surface area contributed by atoms with Crippen molar-refractivity contribution in [3.8, 4) is 17.1 Å². The number of hydrogen-bond donors (Lipinski definition) is 1. The number of carbonyl (C=O) groups is 2. The Bertz CT molecular complexity index is 949. The Hall–Kier alpha value is -3.68. The predicted molar refractivity (Wildman–Crippen MR) is 101 cm³/mol. The normalized spacial score (nSPS) is 10.4.